The van der Waals surface area contributed by atoms with Gasteiger partial charge in [-0.15, -0.1) is 0 Å². The van der Waals surface area contributed by atoms with Crippen LogP contribution in [-0.4, -0.2) is 12.0 Å². The van der Waals surface area contributed by atoms with Crippen molar-refractivity contribution >= 4 is 17.3 Å². The van der Waals surface area contributed by atoms with Gasteiger partial charge in [0, 0.05) is 0 Å². The first-order chi connectivity index (χ1) is 7.97. The predicted molar refractivity (Wildman–Crippen MR) is 68.3 cm³/mol. The zero-order chi connectivity index (χ0) is 12.6. The maximum Gasteiger partial charge on any atom is 0.228 e. The molecule has 1 amide bonds. The van der Waals surface area contributed by atoms with E-state index in [9.17, 15) is 4.79 Å². The second-order valence-electron chi connectivity index (χ2n) is 4.82. The van der Waals surface area contributed by atoms with Gasteiger partial charge in [-0.1, -0.05) is 13.8 Å². The fraction of sp³-hybridized carbons (Fsp3) is 0.462. The van der Waals surface area contributed by atoms with E-state index in [1.165, 1.54) is 0 Å². The van der Waals surface area contributed by atoms with E-state index < -0.39 is 0 Å². The van der Waals surface area contributed by atoms with E-state index in [0.29, 0.717) is 29.5 Å². The lowest BCUT2D eigenvalue weighted by Gasteiger charge is -2.16. The summed E-state index contributed by atoms with van der Waals surface area (Å²) in [5, 5.41) is 2.84. The molecule has 0 saturated carbocycles. The van der Waals surface area contributed by atoms with Crippen molar-refractivity contribution in [2.24, 2.45) is 0 Å². The van der Waals surface area contributed by atoms with Crippen molar-refractivity contribution < 1.29 is 9.53 Å². The summed E-state index contributed by atoms with van der Waals surface area (Å²) in [6, 6.07) is 3.85. The largest absolute Gasteiger partial charge is 0.486 e. The molecule has 1 aromatic carbocycles. The minimum atomic E-state index is -0.150. The molecule has 0 bridgehead atoms. The van der Waals surface area contributed by atoms with Crippen LogP contribution in [0.2, 0.25) is 0 Å². The Morgan fingerprint density at radius 1 is 1.47 bits per heavy atom. The highest BCUT2D eigenvalue weighted by molar-refractivity contribution is 5.95. The highest BCUT2D eigenvalue weighted by Crippen LogP contribution is 2.37. The number of carbonyl (C=O) groups excluding carboxylic acids is 1. The summed E-state index contributed by atoms with van der Waals surface area (Å²) in [4.78, 5) is 11.6. The van der Waals surface area contributed by atoms with Gasteiger partial charge in [-0.2, -0.15) is 0 Å². The number of hydrogen-bond acceptors (Lipinski definition) is 3. The maximum atomic E-state index is 11.6. The third-order valence-corrected chi connectivity index (χ3v) is 2.87. The molecule has 17 heavy (non-hydrogen) atoms. The molecule has 0 fully saturated rings. The van der Waals surface area contributed by atoms with Gasteiger partial charge in [0.15, 0.2) is 5.75 Å². The van der Waals surface area contributed by atoms with Gasteiger partial charge in [0.1, 0.15) is 6.10 Å². The molecule has 0 aliphatic carbocycles. The van der Waals surface area contributed by atoms with Gasteiger partial charge in [-0.05, 0) is 30.5 Å². The Balaban J connectivity index is 2.49. The number of fused-ring (bicyclic) bond motifs is 1. The number of nitrogens with two attached hydrogens (primary N) is 1. The van der Waals surface area contributed by atoms with E-state index >= 15 is 0 Å². The quantitative estimate of drug-likeness (QED) is 0.734. The zero-order valence-corrected chi connectivity index (χ0v) is 10.4. The van der Waals surface area contributed by atoms with E-state index in [2.05, 4.69) is 19.2 Å². The van der Waals surface area contributed by atoms with Gasteiger partial charge in [0.25, 0.3) is 0 Å². The van der Waals surface area contributed by atoms with Crippen LogP contribution in [0.5, 0.6) is 5.75 Å². The normalized spacial score (nSPS) is 19.3. The second-order valence-corrected chi connectivity index (χ2v) is 4.82. The fourth-order valence-corrected chi connectivity index (χ4v) is 1.94. The van der Waals surface area contributed by atoms with Gasteiger partial charge in [0.2, 0.25) is 5.91 Å². The Kier molecular flexibility index (Phi) is 2.96. The number of amides is 1. The Hall–Kier alpha value is -1.71. The number of benzene rings is 1. The van der Waals surface area contributed by atoms with Gasteiger partial charge in [-0.3, -0.25) is 4.79 Å². The first-order valence-electron chi connectivity index (χ1n) is 5.87. The Morgan fingerprint density at radius 2 is 2.18 bits per heavy atom. The standard InChI is InChI=1S/C13H18N2O2/c1-7(2)9-5-10(14)13-11(6-9)15-12(16)4-8(3)17-13/h5-8H,4,14H2,1-3H3,(H,15,16). The zero-order valence-electron chi connectivity index (χ0n) is 10.4. The highest BCUT2D eigenvalue weighted by atomic mass is 16.5. The summed E-state index contributed by atoms with van der Waals surface area (Å²) in [5.41, 5.74) is 8.34. The van der Waals surface area contributed by atoms with E-state index in [1.807, 2.05) is 19.1 Å². The van der Waals surface area contributed by atoms with Crippen molar-refractivity contribution in [3.05, 3.63) is 17.7 Å². The topological polar surface area (TPSA) is 64.4 Å². The molecule has 0 saturated heterocycles. The van der Waals surface area contributed by atoms with Gasteiger partial charge >= 0.3 is 0 Å². The van der Waals surface area contributed by atoms with Crippen molar-refractivity contribution in [2.75, 3.05) is 11.1 Å². The number of anilines is 2. The molecular formula is C13H18N2O2. The number of ether oxygens (including phenoxy) is 1. The summed E-state index contributed by atoms with van der Waals surface area (Å²) in [6.45, 7) is 6.04. The molecule has 1 aliphatic rings. The maximum absolute atomic E-state index is 11.6. The lowest BCUT2D eigenvalue weighted by molar-refractivity contribution is -0.117. The van der Waals surface area contributed by atoms with Crippen LogP contribution >= 0.6 is 0 Å². The van der Waals surface area contributed by atoms with Crippen molar-refractivity contribution in [3.8, 4) is 5.75 Å². The Morgan fingerprint density at radius 3 is 2.82 bits per heavy atom. The van der Waals surface area contributed by atoms with E-state index in [0.717, 1.165) is 5.56 Å². The molecule has 0 aromatic heterocycles. The molecule has 1 unspecified atom stereocenters. The van der Waals surface area contributed by atoms with Gasteiger partial charge < -0.3 is 15.8 Å². The number of rotatable bonds is 1. The van der Waals surface area contributed by atoms with Crippen LogP contribution in [0.15, 0.2) is 12.1 Å². The molecule has 2 rings (SSSR count). The van der Waals surface area contributed by atoms with Crippen LogP contribution in [0.25, 0.3) is 0 Å². The smallest absolute Gasteiger partial charge is 0.228 e. The summed E-state index contributed by atoms with van der Waals surface area (Å²) in [7, 11) is 0. The average Bonchev–Trinajstić information content (AvgIpc) is 2.35. The van der Waals surface area contributed by atoms with E-state index in [-0.39, 0.29) is 12.0 Å². The average molecular weight is 234 g/mol. The highest BCUT2D eigenvalue weighted by Gasteiger charge is 2.22. The second kappa shape index (κ2) is 4.28. The summed E-state index contributed by atoms with van der Waals surface area (Å²) in [5.74, 6) is 0.921. The summed E-state index contributed by atoms with van der Waals surface area (Å²) >= 11 is 0. The molecule has 4 nitrogen and oxygen atoms in total. The van der Waals surface area contributed by atoms with Crippen LogP contribution in [-0.2, 0) is 4.79 Å². The monoisotopic (exact) mass is 234 g/mol. The summed E-state index contributed by atoms with van der Waals surface area (Å²) in [6.07, 6.45) is 0.203. The van der Waals surface area contributed by atoms with Crippen molar-refractivity contribution in [2.45, 2.75) is 39.2 Å². The molecule has 1 aromatic rings. The predicted octanol–water partition coefficient (Wildman–Crippen LogP) is 2.50. The third kappa shape index (κ3) is 2.35. The molecule has 1 aliphatic heterocycles. The van der Waals surface area contributed by atoms with Gasteiger partial charge in [0.05, 0.1) is 17.8 Å². The summed E-state index contributed by atoms with van der Waals surface area (Å²) < 4.78 is 5.68. The minimum absolute atomic E-state index is 0.0310. The number of nitrogens with one attached hydrogen (secondary N) is 1. The van der Waals surface area contributed by atoms with Crippen molar-refractivity contribution in [1.29, 1.82) is 0 Å². The van der Waals surface area contributed by atoms with Crippen LogP contribution < -0.4 is 15.8 Å². The molecule has 4 heteroatoms. The fourth-order valence-electron chi connectivity index (χ4n) is 1.94. The lowest BCUT2D eigenvalue weighted by atomic mass is 10.0. The molecular weight excluding hydrogens is 216 g/mol. The number of nitrogen functional groups attached to an aromatic ring is 1. The van der Waals surface area contributed by atoms with Crippen LogP contribution in [0.1, 0.15) is 38.7 Å². The molecule has 1 heterocycles. The SMILES string of the molecule is CC1CC(=O)Nc2cc(C(C)C)cc(N)c2O1. The number of carbonyl (C=O) groups is 1. The first kappa shape index (κ1) is 11.8. The van der Waals surface area contributed by atoms with Crippen LogP contribution in [0, 0.1) is 0 Å². The van der Waals surface area contributed by atoms with Crippen LogP contribution in [0.3, 0.4) is 0 Å². The number of hydrogen-bond donors (Lipinski definition) is 2. The molecule has 0 spiro atoms. The molecule has 3 N–H and O–H groups in total. The van der Waals surface area contributed by atoms with E-state index in [4.69, 9.17) is 10.5 Å². The van der Waals surface area contributed by atoms with Crippen LogP contribution in [0.4, 0.5) is 11.4 Å². The first-order valence-corrected chi connectivity index (χ1v) is 5.87. The third-order valence-electron chi connectivity index (χ3n) is 2.87. The lowest BCUT2D eigenvalue weighted by Crippen LogP contribution is -2.17. The van der Waals surface area contributed by atoms with Crippen molar-refractivity contribution in [1.82, 2.24) is 0 Å². The molecule has 0 radical (unpaired) electrons. The minimum Gasteiger partial charge on any atom is -0.486 e. The Bertz CT molecular complexity index is 455. The van der Waals surface area contributed by atoms with Crippen molar-refractivity contribution in [3.63, 3.8) is 0 Å². The Labute approximate surface area is 101 Å². The molecule has 92 valence electrons. The van der Waals surface area contributed by atoms with Gasteiger partial charge in [-0.25, -0.2) is 0 Å². The van der Waals surface area contributed by atoms with E-state index in [1.54, 1.807) is 0 Å². The molecule has 1 atom stereocenters.